The summed E-state index contributed by atoms with van der Waals surface area (Å²) < 4.78 is 9.23. The Labute approximate surface area is 148 Å². The average Bonchev–Trinajstić information content (AvgIpc) is 3.15. The minimum atomic E-state index is -0.439. The van der Waals surface area contributed by atoms with Gasteiger partial charge in [-0.3, -0.25) is 9.36 Å². The Hall–Kier alpha value is -2.31. The zero-order chi connectivity index (χ0) is 18.0. The minimum Gasteiger partial charge on any atom is -0.444 e. The van der Waals surface area contributed by atoms with Crippen molar-refractivity contribution in [2.45, 2.75) is 45.8 Å². The predicted molar refractivity (Wildman–Crippen MR) is 95.0 cm³/mol. The quantitative estimate of drug-likeness (QED) is 0.858. The molecule has 7 nitrogen and oxygen atoms in total. The molecule has 1 amide bonds. The molecule has 3 rings (SSSR count). The van der Waals surface area contributed by atoms with Crippen LogP contribution in [0.3, 0.4) is 0 Å². The average molecular weight is 345 g/mol. The van der Waals surface area contributed by atoms with Crippen LogP contribution in [0.1, 0.15) is 33.6 Å². The molecule has 0 aromatic carbocycles. The molecule has 2 aromatic heterocycles. The third-order valence-electron chi connectivity index (χ3n) is 4.38. The van der Waals surface area contributed by atoms with Crippen LogP contribution in [0.15, 0.2) is 24.8 Å². The number of rotatable bonds is 3. The predicted octanol–water partition coefficient (Wildman–Crippen LogP) is 2.93. The fraction of sp³-hybridized carbons (Fsp3) is 0.611. The van der Waals surface area contributed by atoms with Crippen molar-refractivity contribution in [1.29, 1.82) is 0 Å². The van der Waals surface area contributed by atoms with E-state index in [1.165, 1.54) is 0 Å². The first kappa shape index (κ1) is 17.5. The van der Waals surface area contributed by atoms with Gasteiger partial charge in [0.05, 0.1) is 12.4 Å². The zero-order valence-corrected chi connectivity index (χ0v) is 15.5. The summed E-state index contributed by atoms with van der Waals surface area (Å²) in [7, 11) is 1.91. The highest BCUT2D eigenvalue weighted by molar-refractivity contribution is 5.68. The highest BCUT2D eigenvalue weighted by atomic mass is 16.6. The maximum atomic E-state index is 12.1. The standard InChI is InChI=1S/C18H27N5O2/c1-18(2,3)25-17(24)22-7-5-14(6-8-22)11-23-13-16(10-20-23)15-9-19-21(4)12-15/h9-10,12-14H,5-8,11H2,1-4H3. The van der Waals surface area contributed by atoms with Crippen LogP contribution in [0.5, 0.6) is 0 Å². The van der Waals surface area contributed by atoms with Gasteiger partial charge in [0.15, 0.2) is 0 Å². The molecule has 1 aliphatic heterocycles. The van der Waals surface area contributed by atoms with E-state index < -0.39 is 5.60 Å². The van der Waals surface area contributed by atoms with Crippen molar-refractivity contribution in [3.63, 3.8) is 0 Å². The second-order valence-electron chi connectivity index (χ2n) is 7.76. The van der Waals surface area contributed by atoms with Crippen molar-refractivity contribution in [2.75, 3.05) is 13.1 Å². The number of amides is 1. The van der Waals surface area contributed by atoms with Gasteiger partial charge in [-0.1, -0.05) is 0 Å². The number of aryl methyl sites for hydroxylation is 1. The summed E-state index contributed by atoms with van der Waals surface area (Å²) in [6, 6.07) is 0. The van der Waals surface area contributed by atoms with Crippen LogP contribution < -0.4 is 0 Å². The fourth-order valence-corrected chi connectivity index (χ4v) is 3.07. The number of carbonyl (C=O) groups is 1. The van der Waals surface area contributed by atoms with Crippen LogP contribution >= 0.6 is 0 Å². The minimum absolute atomic E-state index is 0.205. The van der Waals surface area contributed by atoms with Gasteiger partial charge in [0.25, 0.3) is 0 Å². The normalized spacial score (nSPS) is 16.2. The second-order valence-corrected chi connectivity index (χ2v) is 7.76. The number of carbonyl (C=O) groups excluding carboxylic acids is 1. The SMILES string of the molecule is Cn1cc(-c2cnn(CC3CCN(C(=O)OC(C)(C)C)CC3)c2)cn1. The maximum absolute atomic E-state index is 12.1. The van der Waals surface area contributed by atoms with Crippen LogP contribution in [0, 0.1) is 5.92 Å². The molecule has 0 unspecified atom stereocenters. The molecule has 0 spiro atoms. The van der Waals surface area contributed by atoms with Crippen molar-refractivity contribution >= 4 is 6.09 Å². The van der Waals surface area contributed by atoms with E-state index in [1.807, 2.05) is 56.0 Å². The second kappa shape index (κ2) is 6.90. The summed E-state index contributed by atoms with van der Waals surface area (Å²) in [5.74, 6) is 0.528. The van der Waals surface area contributed by atoms with E-state index >= 15 is 0 Å². The molecule has 0 bridgehead atoms. The Kier molecular flexibility index (Phi) is 4.83. The van der Waals surface area contributed by atoms with Crippen LogP contribution in [-0.4, -0.2) is 49.2 Å². The van der Waals surface area contributed by atoms with Gasteiger partial charge in [0.1, 0.15) is 5.60 Å². The largest absolute Gasteiger partial charge is 0.444 e. The molecular weight excluding hydrogens is 318 g/mol. The Morgan fingerprint density at radius 3 is 2.40 bits per heavy atom. The number of hydrogen-bond acceptors (Lipinski definition) is 4. The lowest BCUT2D eigenvalue weighted by Gasteiger charge is -2.33. The Morgan fingerprint density at radius 1 is 1.16 bits per heavy atom. The van der Waals surface area contributed by atoms with Crippen molar-refractivity contribution in [3.8, 4) is 11.1 Å². The number of nitrogens with zero attached hydrogens (tertiary/aromatic N) is 5. The molecule has 0 saturated carbocycles. The van der Waals surface area contributed by atoms with E-state index in [2.05, 4.69) is 16.4 Å². The van der Waals surface area contributed by atoms with Crippen molar-refractivity contribution in [1.82, 2.24) is 24.5 Å². The number of hydrogen-bond donors (Lipinski definition) is 0. The first-order chi connectivity index (χ1) is 11.8. The summed E-state index contributed by atoms with van der Waals surface area (Å²) in [5, 5.41) is 8.67. The van der Waals surface area contributed by atoms with E-state index in [-0.39, 0.29) is 6.09 Å². The van der Waals surface area contributed by atoms with Gasteiger partial charge < -0.3 is 9.64 Å². The van der Waals surface area contributed by atoms with Gasteiger partial charge in [-0.25, -0.2) is 4.79 Å². The molecule has 7 heteroatoms. The summed E-state index contributed by atoms with van der Waals surface area (Å²) in [6.07, 6.45) is 9.53. The molecule has 2 aromatic rings. The van der Waals surface area contributed by atoms with Gasteiger partial charge in [-0.05, 0) is 39.5 Å². The van der Waals surface area contributed by atoms with E-state index in [0.717, 1.165) is 43.6 Å². The lowest BCUT2D eigenvalue weighted by Crippen LogP contribution is -2.42. The Balaban J connectivity index is 1.51. The van der Waals surface area contributed by atoms with E-state index in [0.29, 0.717) is 5.92 Å². The van der Waals surface area contributed by atoms with Crippen LogP contribution in [-0.2, 0) is 18.3 Å². The summed E-state index contributed by atoms with van der Waals surface area (Å²) >= 11 is 0. The molecule has 1 saturated heterocycles. The van der Waals surface area contributed by atoms with Gasteiger partial charge in [0, 0.05) is 50.2 Å². The molecule has 136 valence electrons. The molecule has 0 radical (unpaired) electrons. The molecule has 25 heavy (non-hydrogen) atoms. The molecule has 3 heterocycles. The monoisotopic (exact) mass is 345 g/mol. The third-order valence-corrected chi connectivity index (χ3v) is 4.38. The maximum Gasteiger partial charge on any atom is 0.410 e. The van der Waals surface area contributed by atoms with Crippen molar-refractivity contribution < 1.29 is 9.53 Å². The van der Waals surface area contributed by atoms with E-state index in [4.69, 9.17) is 4.74 Å². The smallest absolute Gasteiger partial charge is 0.410 e. The lowest BCUT2D eigenvalue weighted by molar-refractivity contribution is 0.0177. The topological polar surface area (TPSA) is 65.2 Å². The lowest BCUT2D eigenvalue weighted by atomic mass is 9.97. The number of piperidine rings is 1. The van der Waals surface area contributed by atoms with E-state index in [9.17, 15) is 4.79 Å². The van der Waals surface area contributed by atoms with Crippen molar-refractivity contribution in [2.24, 2.45) is 13.0 Å². The summed E-state index contributed by atoms with van der Waals surface area (Å²) in [5.41, 5.74) is 1.72. The Bertz CT molecular complexity index is 720. The summed E-state index contributed by atoms with van der Waals surface area (Å²) in [6.45, 7) is 8.06. The van der Waals surface area contributed by atoms with Crippen LogP contribution in [0.2, 0.25) is 0 Å². The number of aromatic nitrogens is 4. The molecular formula is C18H27N5O2. The van der Waals surface area contributed by atoms with Gasteiger partial charge in [-0.2, -0.15) is 10.2 Å². The molecule has 0 atom stereocenters. The van der Waals surface area contributed by atoms with Gasteiger partial charge >= 0.3 is 6.09 Å². The van der Waals surface area contributed by atoms with Gasteiger partial charge in [0.2, 0.25) is 0 Å². The number of likely N-dealkylation sites (tertiary alicyclic amines) is 1. The van der Waals surface area contributed by atoms with E-state index in [1.54, 1.807) is 4.68 Å². The van der Waals surface area contributed by atoms with Crippen LogP contribution in [0.4, 0.5) is 4.79 Å². The van der Waals surface area contributed by atoms with Crippen molar-refractivity contribution in [3.05, 3.63) is 24.8 Å². The highest BCUT2D eigenvalue weighted by Gasteiger charge is 2.27. The molecule has 0 aliphatic carbocycles. The molecule has 0 N–H and O–H groups in total. The van der Waals surface area contributed by atoms with Crippen LogP contribution in [0.25, 0.3) is 11.1 Å². The summed E-state index contributed by atoms with van der Waals surface area (Å²) in [4.78, 5) is 13.9. The highest BCUT2D eigenvalue weighted by Crippen LogP contribution is 2.23. The zero-order valence-electron chi connectivity index (χ0n) is 15.5. The third kappa shape index (κ3) is 4.61. The molecule has 1 fully saturated rings. The number of ether oxygens (including phenoxy) is 1. The molecule has 1 aliphatic rings. The fourth-order valence-electron chi connectivity index (χ4n) is 3.07. The first-order valence-electron chi connectivity index (χ1n) is 8.79. The first-order valence-corrected chi connectivity index (χ1v) is 8.79. The Morgan fingerprint density at radius 2 is 1.80 bits per heavy atom. The van der Waals surface area contributed by atoms with Gasteiger partial charge in [-0.15, -0.1) is 0 Å².